The first-order chi connectivity index (χ1) is 22.8. The number of benzene rings is 7. The van der Waals surface area contributed by atoms with E-state index in [4.69, 9.17) is 9.40 Å². The van der Waals surface area contributed by atoms with Crippen LogP contribution in [0, 0.1) is 0 Å². The predicted molar refractivity (Wildman–Crippen MR) is 190 cm³/mol. The van der Waals surface area contributed by atoms with Gasteiger partial charge in [-0.2, -0.15) is 0 Å². The number of fused-ring (bicyclic) bond motifs is 4. The van der Waals surface area contributed by atoms with Crippen LogP contribution in [-0.4, -0.2) is 9.55 Å². The lowest BCUT2D eigenvalue weighted by atomic mass is 9.95. The van der Waals surface area contributed by atoms with Crippen LogP contribution in [0.4, 0.5) is 0 Å². The van der Waals surface area contributed by atoms with Gasteiger partial charge in [0.1, 0.15) is 17.0 Å². The molecule has 2 aromatic heterocycles. The fourth-order valence-corrected chi connectivity index (χ4v) is 6.71. The summed E-state index contributed by atoms with van der Waals surface area (Å²) in [6.45, 7) is 0. The fourth-order valence-electron chi connectivity index (χ4n) is 6.71. The summed E-state index contributed by atoms with van der Waals surface area (Å²) in [7, 11) is 0. The Morgan fingerprint density at radius 1 is 0.435 bits per heavy atom. The Labute approximate surface area is 266 Å². The molecule has 0 aliphatic carbocycles. The summed E-state index contributed by atoms with van der Waals surface area (Å²) in [6, 6.07) is 59.4. The normalized spacial score (nSPS) is 11.5. The van der Waals surface area contributed by atoms with Gasteiger partial charge in [0.25, 0.3) is 0 Å². The maximum absolute atomic E-state index is 6.95. The smallest absolute Gasteiger partial charge is 0.146 e. The van der Waals surface area contributed by atoms with Crippen molar-refractivity contribution in [1.82, 2.24) is 9.55 Å². The maximum Gasteiger partial charge on any atom is 0.146 e. The Morgan fingerprint density at radius 2 is 1.07 bits per heavy atom. The number of furan rings is 1. The molecule has 2 heterocycles. The standard InChI is InChI=1S/C43H28N2O/c1-4-14-29(15-5-1)32-20-12-21-33(28-32)45-39-25-11-10-24-38(39)44-43(45)37-27-26-36-35-23-13-22-34(30-16-6-2-7-17-30)41(35)46-42(36)40(37)31-18-8-3-9-19-31/h1-28H. The Balaban J connectivity index is 1.35. The van der Waals surface area contributed by atoms with Crippen LogP contribution in [-0.2, 0) is 0 Å². The van der Waals surface area contributed by atoms with Crippen LogP contribution in [0.25, 0.3) is 83.4 Å². The van der Waals surface area contributed by atoms with Crippen molar-refractivity contribution in [3.05, 3.63) is 170 Å². The lowest BCUT2D eigenvalue weighted by Crippen LogP contribution is -1.99. The third-order valence-corrected chi connectivity index (χ3v) is 8.83. The molecule has 0 atom stereocenters. The van der Waals surface area contributed by atoms with Gasteiger partial charge in [0.2, 0.25) is 0 Å². The highest BCUT2D eigenvalue weighted by molar-refractivity contribution is 6.15. The van der Waals surface area contributed by atoms with E-state index in [1.165, 1.54) is 5.56 Å². The minimum Gasteiger partial charge on any atom is -0.455 e. The molecule has 9 rings (SSSR count). The highest BCUT2D eigenvalue weighted by atomic mass is 16.3. The van der Waals surface area contributed by atoms with Gasteiger partial charge in [-0.05, 0) is 58.7 Å². The van der Waals surface area contributed by atoms with Crippen molar-refractivity contribution in [3.63, 3.8) is 0 Å². The summed E-state index contributed by atoms with van der Waals surface area (Å²) in [6.07, 6.45) is 0. The first-order valence-electron chi connectivity index (χ1n) is 15.6. The van der Waals surface area contributed by atoms with Crippen LogP contribution in [0.1, 0.15) is 0 Å². The zero-order valence-electron chi connectivity index (χ0n) is 25.0. The lowest BCUT2D eigenvalue weighted by Gasteiger charge is -2.15. The zero-order chi connectivity index (χ0) is 30.5. The summed E-state index contributed by atoms with van der Waals surface area (Å²) in [5.41, 5.74) is 12.5. The zero-order valence-corrected chi connectivity index (χ0v) is 25.0. The van der Waals surface area contributed by atoms with Crippen molar-refractivity contribution in [2.24, 2.45) is 0 Å². The third-order valence-electron chi connectivity index (χ3n) is 8.83. The van der Waals surface area contributed by atoms with Crippen molar-refractivity contribution in [2.75, 3.05) is 0 Å². The van der Waals surface area contributed by atoms with Crippen LogP contribution in [0.3, 0.4) is 0 Å². The molecule has 0 N–H and O–H groups in total. The SMILES string of the molecule is c1ccc(-c2cccc(-n3c(-c4ccc5c(oc6c(-c7ccccc7)cccc65)c4-c4ccccc4)nc4ccccc43)c2)cc1. The Morgan fingerprint density at radius 3 is 1.85 bits per heavy atom. The molecule has 0 saturated heterocycles. The second kappa shape index (κ2) is 10.8. The molecule has 0 aliphatic heterocycles. The first kappa shape index (κ1) is 26.2. The molecule has 0 saturated carbocycles. The van der Waals surface area contributed by atoms with E-state index < -0.39 is 0 Å². The number of imidazole rings is 1. The van der Waals surface area contributed by atoms with Gasteiger partial charge in [-0.1, -0.05) is 133 Å². The van der Waals surface area contributed by atoms with Crippen molar-refractivity contribution in [1.29, 1.82) is 0 Å². The Bertz CT molecular complexity index is 2510. The summed E-state index contributed by atoms with van der Waals surface area (Å²) >= 11 is 0. The average molecular weight is 589 g/mol. The number of para-hydroxylation sites is 3. The lowest BCUT2D eigenvalue weighted by molar-refractivity contribution is 0.671. The van der Waals surface area contributed by atoms with Crippen molar-refractivity contribution < 1.29 is 4.42 Å². The van der Waals surface area contributed by atoms with E-state index in [1.807, 2.05) is 6.07 Å². The third kappa shape index (κ3) is 4.25. The molecule has 9 aromatic rings. The van der Waals surface area contributed by atoms with Gasteiger partial charge in [0.15, 0.2) is 0 Å². The molecule has 0 amide bonds. The van der Waals surface area contributed by atoms with Crippen LogP contribution < -0.4 is 0 Å². The molecule has 46 heavy (non-hydrogen) atoms. The van der Waals surface area contributed by atoms with Crippen molar-refractivity contribution in [3.8, 4) is 50.5 Å². The molecule has 0 radical (unpaired) electrons. The molecular weight excluding hydrogens is 560 g/mol. The topological polar surface area (TPSA) is 31.0 Å². The van der Waals surface area contributed by atoms with E-state index in [9.17, 15) is 0 Å². The largest absolute Gasteiger partial charge is 0.455 e. The molecule has 0 bridgehead atoms. The molecule has 0 fully saturated rings. The highest BCUT2D eigenvalue weighted by Gasteiger charge is 2.23. The van der Waals surface area contributed by atoms with E-state index >= 15 is 0 Å². The van der Waals surface area contributed by atoms with E-state index in [1.54, 1.807) is 0 Å². The van der Waals surface area contributed by atoms with Gasteiger partial charge in [-0.3, -0.25) is 4.57 Å². The fraction of sp³-hybridized carbons (Fsp3) is 0. The monoisotopic (exact) mass is 588 g/mol. The number of hydrogen-bond donors (Lipinski definition) is 0. The number of rotatable bonds is 5. The molecule has 7 aromatic carbocycles. The molecule has 0 aliphatic rings. The molecule has 216 valence electrons. The Kier molecular flexibility index (Phi) is 6.14. The molecule has 0 unspecified atom stereocenters. The summed E-state index contributed by atoms with van der Waals surface area (Å²) in [4.78, 5) is 5.30. The molecule has 3 heteroatoms. The second-order valence-electron chi connectivity index (χ2n) is 11.6. The van der Waals surface area contributed by atoms with Crippen LogP contribution in [0.2, 0.25) is 0 Å². The minimum absolute atomic E-state index is 0.860. The van der Waals surface area contributed by atoms with E-state index in [0.717, 1.165) is 77.9 Å². The van der Waals surface area contributed by atoms with Crippen LogP contribution >= 0.6 is 0 Å². The van der Waals surface area contributed by atoms with Gasteiger partial charge in [0.05, 0.1) is 11.0 Å². The summed E-state index contributed by atoms with van der Waals surface area (Å²) < 4.78 is 9.23. The minimum atomic E-state index is 0.860. The van der Waals surface area contributed by atoms with Crippen LogP contribution in [0.15, 0.2) is 174 Å². The first-order valence-corrected chi connectivity index (χ1v) is 15.6. The van der Waals surface area contributed by atoms with Gasteiger partial charge >= 0.3 is 0 Å². The average Bonchev–Trinajstić information content (AvgIpc) is 3.71. The van der Waals surface area contributed by atoms with Gasteiger partial charge in [-0.25, -0.2) is 4.98 Å². The Hall–Kier alpha value is -6.19. The van der Waals surface area contributed by atoms with E-state index in [2.05, 4.69) is 168 Å². The quantitative estimate of drug-likeness (QED) is 0.200. The van der Waals surface area contributed by atoms with E-state index in [-0.39, 0.29) is 0 Å². The molecular formula is C43H28N2O. The van der Waals surface area contributed by atoms with Crippen molar-refractivity contribution in [2.45, 2.75) is 0 Å². The number of aromatic nitrogens is 2. The summed E-state index contributed by atoms with van der Waals surface area (Å²) in [5, 5.41) is 2.19. The van der Waals surface area contributed by atoms with Gasteiger partial charge in [-0.15, -0.1) is 0 Å². The van der Waals surface area contributed by atoms with Gasteiger partial charge in [0, 0.05) is 33.2 Å². The highest BCUT2D eigenvalue weighted by Crippen LogP contribution is 2.45. The van der Waals surface area contributed by atoms with Gasteiger partial charge < -0.3 is 4.42 Å². The molecule has 3 nitrogen and oxygen atoms in total. The number of hydrogen-bond acceptors (Lipinski definition) is 2. The van der Waals surface area contributed by atoms with Crippen molar-refractivity contribution >= 4 is 33.0 Å². The predicted octanol–water partition coefficient (Wildman–Crippen LogP) is 11.6. The summed E-state index contributed by atoms with van der Waals surface area (Å²) in [5.74, 6) is 0.871. The number of nitrogens with zero attached hydrogens (tertiary/aromatic N) is 2. The van der Waals surface area contributed by atoms with Crippen LogP contribution in [0.5, 0.6) is 0 Å². The maximum atomic E-state index is 6.95. The second-order valence-corrected chi connectivity index (χ2v) is 11.6. The molecule has 0 spiro atoms. The van der Waals surface area contributed by atoms with E-state index in [0.29, 0.717) is 0 Å².